The number of para-hydroxylation sites is 1. The average Bonchev–Trinajstić information content (AvgIpc) is 2.62. The summed E-state index contributed by atoms with van der Waals surface area (Å²) in [6, 6.07) is 10.5. The van der Waals surface area contributed by atoms with E-state index in [0.29, 0.717) is 18.7 Å². The fraction of sp³-hybridized carbons (Fsp3) is 0.333. The summed E-state index contributed by atoms with van der Waals surface area (Å²) in [7, 11) is 0. The van der Waals surface area contributed by atoms with E-state index in [2.05, 4.69) is 5.10 Å². The highest BCUT2D eigenvalue weighted by molar-refractivity contribution is 5.95. The molecule has 130 valence electrons. The van der Waals surface area contributed by atoms with Crippen LogP contribution in [0.2, 0.25) is 0 Å². The Morgan fingerprint density at radius 3 is 2.56 bits per heavy atom. The van der Waals surface area contributed by atoms with Crippen LogP contribution in [0, 0.1) is 5.92 Å². The third-order valence-corrected chi connectivity index (χ3v) is 4.43. The molecule has 2 heterocycles. The lowest BCUT2D eigenvalue weighted by Gasteiger charge is -2.35. The maximum atomic E-state index is 12.8. The van der Waals surface area contributed by atoms with E-state index in [1.165, 1.54) is 17.0 Å². The van der Waals surface area contributed by atoms with Gasteiger partial charge in [-0.2, -0.15) is 9.78 Å². The molecule has 7 nitrogen and oxygen atoms in total. The van der Waals surface area contributed by atoms with Crippen molar-refractivity contribution in [2.75, 3.05) is 6.54 Å². The standard InChI is InChI=1S/C18H19N3O4/c1-12-9-10-20(15(11-12)18(24)25)17(23)14-7-8-16(22)21(19-14)13-5-3-2-4-6-13/h2-8,12,15H,9-11H2,1H3,(H,24,25). The van der Waals surface area contributed by atoms with E-state index < -0.39 is 17.9 Å². The molecule has 1 fully saturated rings. The lowest BCUT2D eigenvalue weighted by atomic mass is 9.92. The molecule has 2 aromatic rings. The van der Waals surface area contributed by atoms with Crippen molar-refractivity contribution < 1.29 is 14.7 Å². The van der Waals surface area contributed by atoms with Crippen LogP contribution in [0.15, 0.2) is 47.3 Å². The van der Waals surface area contributed by atoms with Gasteiger partial charge in [0.2, 0.25) is 0 Å². The smallest absolute Gasteiger partial charge is 0.326 e. The van der Waals surface area contributed by atoms with Crippen molar-refractivity contribution in [2.45, 2.75) is 25.8 Å². The molecule has 25 heavy (non-hydrogen) atoms. The predicted octanol–water partition coefficient (Wildman–Crippen LogP) is 1.56. The lowest BCUT2D eigenvalue weighted by Crippen LogP contribution is -2.50. The van der Waals surface area contributed by atoms with Crippen molar-refractivity contribution in [1.82, 2.24) is 14.7 Å². The van der Waals surface area contributed by atoms with Gasteiger partial charge in [-0.1, -0.05) is 25.1 Å². The van der Waals surface area contributed by atoms with Crippen molar-refractivity contribution in [3.05, 3.63) is 58.5 Å². The number of piperidine rings is 1. The molecule has 1 saturated heterocycles. The molecule has 0 aliphatic carbocycles. The molecule has 1 aromatic heterocycles. The number of nitrogens with zero attached hydrogens (tertiary/aromatic N) is 3. The average molecular weight is 341 g/mol. The Hall–Kier alpha value is -2.96. The van der Waals surface area contributed by atoms with E-state index in [1.807, 2.05) is 13.0 Å². The Balaban J connectivity index is 1.95. The number of carboxylic acids is 1. The Bertz CT molecular complexity index is 847. The third kappa shape index (κ3) is 3.45. The van der Waals surface area contributed by atoms with Crippen molar-refractivity contribution in [3.63, 3.8) is 0 Å². The van der Waals surface area contributed by atoms with Crippen LogP contribution in [0.3, 0.4) is 0 Å². The molecule has 7 heteroatoms. The van der Waals surface area contributed by atoms with Gasteiger partial charge in [-0.25, -0.2) is 4.79 Å². The fourth-order valence-electron chi connectivity index (χ4n) is 3.05. The lowest BCUT2D eigenvalue weighted by molar-refractivity contribution is -0.144. The van der Waals surface area contributed by atoms with Gasteiger partial charge in [-0.15, -0.1) is 0 Å². The molecule has 0 radical (unpaired) electrons. The Morgan fingerprint density at radius 2 is 1.88 bits per heavy atom. The summed E-state index contributed by atoms with van der Waals surface area (Å²) in [4.78, 5) is 37.7. The van der Waals surface area contributed by atoms with E-state index in [9.17, 15) is 19.5 Å². The Labute approximate surface area is 144 Å². The van der Waals surface area contributed by atoms with Crippen LogP contribution in [0.5, 0.6) is 0 Å². The minimum atomic E-state index is -1.02. The van der Waals surface area contributed by atoms with Gasteiger partial charge in [-0.05, 0) is 37.0 Å². The van der Waals surface area contributed by atoms with E-state index in [0.717, 1.165) is 11.1 Å². The van der Waals surface area contributed by atoms with Gasteiger partial charge in [0.1, 0.15) is 11.7 Å². The molecule has 2 unspecified atom stereocenters. The van der Waals surface area contributed by atoms with Crippen molar-refractivity contribution >= 4 is 11.9 Å². The molecule has 2 atom stereocenters. The van der Waals surface area contributed by atoms with Crippen LogP contribution >= 0.6 is 0 Å². The van der Waals surface area contributed by atoms with Gasteiger partial charge < -0.3 is 10.0 Å². The van der Waals surface area contributed by atoms with Gasteiger partial charge in [-0.3, -0.25) is 9.59 Å². The number of hydrogen-bond acceptors (Lipinski definition) is 4. The maximum absolute atomic E-state index is 12.8. The highest BCUT2D eigenvalue weighted by Crippen LogP contribution is 2.24. The second-order valence-electron chi connectivity index (χ2n) is 6.29. The minimum absolute atomic E-state index is 0.0595. The second-order valence-corrected chi connectivity index (χ2v) is 6.29. The Morgan fingerprint density at radius 1 is 1.16 bits per heavy atom. The molecule has 1 aliphatic heterocycles. The topological polar surface area (TPSA) is 92.5 Å². The van der Waals surface area contributed by atoms with Gasteiger partial charge in [0, 0.05) is 12.6 Å². The van der Waals surface area contributed by atoms with Crippen molar-refractivity contribution in [3.8, 4) is 5.69 Å². The van der Waals surface area contributed by atoms with Crippen LogP contribution in [-0.4, -0.2) is 44.3 Å². The number of carbonyl (C=O) groups is 2. The first-order chi connectivity index (χ1) is 12.0. The van der Waals surface area contributed by atoms with Crippen molar-refractivity contribution in [1.29, 1.82) is 0 Å². The monoisotopic (exact) mass is 341 g/mol. The van der Waals surface area contributed by atoms with Gasteiger partial charge in [0.15, 0.2) is 0 Å². The van der Waals surface area contributed by atoms with E-state index in [1.54, 1.807) is 24.3 Å². The number of amides is 1. The summed E-state index contributed by atoms with van der Waals surface area (Å²) in [5.41, 5.74) is 0.248. The number of hydrogen-bond donors (Lipinski definition) is 1. The number of carbonyl (C=O) groups excluding carboxylic acids is 1. The van der Waals surface area contributed by atoms with Crippen LogP contribution in [0.1, 0.15) is 30.3 Å². The molecule has 3 rings (SSSR count). The highest BCUT2D eigenvalue weighted by Gasteiger charge is 2.35. The fourth-order valence-corrected chi connectivity index (χ4v) is 3.05. The zero-order valence-corrected chi connectivity index (χ0v) is 13.8. The molecular formula is C18H19N3O4. The maximum Gasteiger partial charge on any atom is 0.326 e. The molecular weight excluding hydrogens is 322 g/mol. The molecule has 1 N–H and O–H groups in total. The number of benzene rings is 1. The van der Waals surface area contributed by atoms with Crippen LogP contribution in [0.4, 0.5) is 0 Å². The van der Waals surface area contributed by atoms with Gasteiger partial charge >= 0.3 is 5.97 Å². The quantitative estimate of drug-likeness (QED) is 0.914. The first-order valence-corrected chi connectivity index (χ1v) is 8.17. The molecule has 0 saturated carbocycles. The van der Waals surface area contributed by atoms with Crippen LogP contribution in [-0.2, 0) is 4.79 Å². The molecule has 1 aromatic carbocycles. The number of aliphatic carboxylic acids is 1. The zero-order chi connectivity index (χ0) is 18.0. The molecule has 1 aliphatic rings. The SMILES string of the molecule is CC1CCN(C(=O)c2ccc(=O)n(-c3ccccc3)n2)C(C(=O)O)C1. The summed E-state index contributed by atoms with van der Waals surface area (Å²) in [6.07, 6.45) is 1.16. The van der Waals surface area contributed by atoms with Gasteiger partial charge in [0.05, 0.1) is 5.69 Å². The summed E-state index contributed by atoms with van der Waals surface area (Å²) < 4.78 is 1.15. The number of rotatable bonds is 3. The molecule has 0 spiro atoms. The summed E-state index contributed by atoms with van der Waals surface area (Å²) in [5.74, 6) is -1.24. The third-order valence-electron chi connectivity index (χ3n) is 4.43. The van der Waals surface area contributed by atoms with Crippen LogP contribution < -0.4 is 5.56 Å². The Kier molecular flexibility index (Phi) is 4.65. The molecule has 0 bridgehead atoms. The first-order valence-electron chi connectivity index (χ1n) is 8.17. The van der Waals surface area contributed by atoms with E-state index in [4.69, 9.17) is 0 Å². The number of carboxylic acid groups (broad SMARTS) is 1. The number of aromatic nitrogens is 2. The minimum Gasteiger partial charge on any atom is -0.480 e. The second kappa shape index (κ2) is 6.88. The summed E-state index contributed by atoms with van der Waals surface area (Å²) in [5, 5.41) is 13.6. The molecule has 1 amide bonds. The van der Waals surface area contributed by atoms with E-state index >= 15 is 0 Å². The van der Waals surface area contributed by atoms with Gasteiger partial charge in [0.25, 0.3) is 11.5 Å². The zero-order valence-electron chi connectivity index (χ0n) is 13.8. The van der Waals surface area contributed by atoms with Crippen LogP contribution in [0.25, 0.3) is 5.69 Å². The normalized spacial score (nSPS) is 20.3. The largest absolute Gasteiger partial charge is 0.480 e. The highest BCUT2D eigenvalue weighted by atomic mass is 16.4. The van der Waals surface area contributed by atoms with Crippen molar-refractivity contribution in [2.24, 2.45) is 5.92 Å². The summed E-state index contributed by atoms with van der Waals surface area (Å²) in [6.45, 7) is 2.34. The van der Waals surface area contributed by atoms with E-state index in [-0.39, 0.29) is 17.2 Å². The predicted molar refractivity (Wildman–Crippen MR) is 90.7 cm³/mol. The summed E-state index contributed by atoms with van der Waals surface area (Å²) >= 11 is 0. The number of likely N-dealkylation sites (tertiary alicyclic amines) is 1. The first kappa shape index (κ1) is 16.9.